The standard InChI is InChI=1S/C44H30S2/c1-5-17-31(18-6-1)39-29-33-21-13-15-27-37(33)41(43(39)45-35-23-9-3-10-24-35)42-38-28-16-14-22-34(38)30-40(32-19-7-2-8-20-32)44(42)46-36-25-11-4-12-26-36/h1-30H. The molecule has 8 rings (SSSR count). The normalized spacial score (nSPS) is 11.2. The number of hydrogen-bond acceptors (Lipinski definition) is 2. The zero-order valence-electron chi connectivity index (χ0n) is 25.1. The molecule has 0 radical (unpaired) electrons. The van der Waals surface area contributed by atoms with E-state index in [1.54, 1.807) is 0 Å². The molecule has 0 saturated heterocycles. The van der Waals surface area contributed by atoms with E-state index in [4.69, 9.17) is 0 Å². The predicted octanol–water partition coefficient (Wildman–Crippen LogP) is 13.3. The molecule has 0 aromatic heterocycles. The van der Waals surface area contributed by atoms with Gasteiger partial charge in [-0.2, -0.15) is 0 Å². The Hall–Kier alpha value is -5.02. The van der Waals surface area contributed by atoms with Crippen LogP contribution < -0.4 is 0 Å². The Bertz CT molecular complexity index is 2110. The van der Waals surface area contributed by atoms with Crippen LogP contribution in [0.3, 0.4) is 0 Å². The maximum Gasteiger partial charge on any atom is 0.0286 e. The van der Waals surface area contributed by atoms with E-state index >= 15 is 0 Å². The van der Waals surface area contributed by atoms with Crippen LogP contribution in [0.2, 0.25) is 0 Å². The van der Waals surface area contributed by atoms with Gasteiger partial charge in [-0.3, -0.25) is 0 Å². The lowest BCUT2D eigenvalue weighted by Gasteiger charge is -2.24. The molecule has 0 nitrogen and oxygen atoms in total. The molecule has 0 aliphatic rings. The summed E-state index contributed by atoms with van der Waals surface area (Å²) in [5.74, 6) is 0. The van der Waals surface area contributed by atoms with Gasteiger partial charge in [-0.1, -0.05) is 169 Å². The highest BCUT2D eigenvalue weighted by Gasteiger charge is 2.24. The molecule has 0 fully saturated rings. The molecule has 0 bridgehead atoms. The van der Waals surface area contributed by atoms with Crippen molar-refractivity contribution in [3.05, 3.63) is 182 Å². The highest BCUT2D eigenvalue weighted by Crippen LogP contribution is 2.53. The second kappa shape index (κ2) is 12.8. The number of hydrogen-bond donors (Lipinski definition) is 0. The summed E-state index contributed by atoms with van der Waals surface area (Å²) in [7, 11) is 0. The molecule has 0 amide bonds. The highest BCUT2D eigenvalue weighted by molar-refractivity contribution is 8.00. The SMILES string of the molecule is c1ccc(Sc2c(-c3ccccc3)cc3ccccc3c2-c2c(Sc3ccccc3)c(-c3ccccc3)cc3ccccc23)cc1. The van der Waals surface area contributed by atoms with Crippen LogP contribution in [0.4, 0.5) is 0 Å². The van der Waals surface area contributed by atoms with Crippen molar-refractivity contribution >= 4 is 45.1 Å². The third kappa shape index (κ3) is 5.51. The van der Waals surface area contributed by atoms with Crippen LogP contribution in [0.25, 0.3) is 54.9 Å². The quantitative estimate of drug-likeness (QED) is 0.173. The molecule has 0 aliphatic heterocycles. The Kier molecular flexibility index (Phi) is 7.90. The predicted molar refractivity (Wildman–Crippen MR) is 199 cm³/mol. The van der Waals surface area contributed by atoms with E-state index in [1.165, 1.54) is 74.5 Å². The summed E-state index contributed by atoms with van der Waals surface area (Å²) in [4.78, 5) is 4.97. The molecule has 218 valence electrons. The van der Waals surface area contributed by atoms with Crippen LogP contribution in [0.1, 0.15) is 0 Å². The van der Waals surface area contributed by atoms with Crippen LogP contribution in [0, 0.1) is 0 Å². The minimum absolute atomic E-state index is 1.22. The Labute approximate surface area is 278 Å². The summed E-state index contributed by atoms with van der Waals surface area (Å²) in [6.07, 6.45) is 0. The largest absolute Gasteiger partial charge is 0.0888 e. The van der Waals surface area contributed by atoms with E-state index in [1.807, 2.05) is 23.5 Å². The molecular weight excluding hydrogens is 593 g/mol. The van der Waals surface area contributed by atoms with E-state index in [-0.39, 0.29) is 0 Å². The fraction of sp³-hybridized carbons (Fsp3) is 0. The first kappa shape index (κ1) is 28.5. The van der Waals surface area contributed by atoms with Crippen molar-refractivity contribution in [2.24, 2.45) is 0 Å². The van der Waals surface area contributed by atoms with Gasteiger partial charge in [0.1, 0.15) is 0 Å². The average Bonchev–Trinajstić information content (AvgIpc) is 3.13. The minimum atomic E-state index is 1.22. The minimum Gasteiger partial charge on any atom is -0.0888 e. The summed E-state index contributed by atoms with van der Waals surface area (Å²) < 4.78 is 0. The summed E-state index contributed by atoms with van der Waals surface area (Å²) in [5, 5.41) is 4.98. The highest BCUT2D eigenvalue weighted by atomic mass is 32.2. The van der Waals surface area contributed by atoms with E-state index in [9.17, 15) is 0 Å². The van der Waals surface area contributed by atoms with Gasteiger partial charge < -0.3 is 0 Å². The fourth-order valence-corrected chi connectivity index (χ4v) is 8.50. The van der Waals surface area contributed by atoms with E-state index in [0.29, 0.717) is 0 Å². The smallest absolute Gasteiger partial charge is 0.0286 e. The topological polar surface area (TPSA) is 0 Å². The van der Waals surface area contributed by atoms with Crippen LogP contribution in [-0.2, 0) is 0 Å². The van der Waals surface area contributed by atoms with Gasteiger partial charge in [0.2, 0.25) is 0 Å². The Morgan fingerprint density at radius 1 is 0.304 bits per heavy atom. The van der Waals surface area contributed by atoms with Crippen molar-refractivity contribution in [3.8, 4) is 33.4 Å². The molecule has 0 saturated carbocycles. The van der Waals surface area contributed by atoms with Crippen molar-refractivity contribution in [2.75, 3.05) is 0 Å². The van der Waals surface area contributed by atoms with Gasteiger partial charge in [-0.05, 0) is 80.2 Å². The van der Waals surface area contributed by atoms with Crippen LogP contribution in [-0.4, -0.2) is 0 Å². The molecule has 0 heterocycles. The van der Waals surface area contributed by atoms with Crippen molar-refractivity contribution in [2.45, 2.75) is 19.6 Å². The van der Waals surface area contributed by atoms with Gasteiger partial charge in [0.25, 0.3) is 0 Å². The Balaban J connectivity index is 1.56. The fourth-order valence-electron chi connectivity index (χ4n) is 6.24. The second-order valence-electron chi connectivity index (χ2n) is 11.3. The molecule has 0 spiro atoms. The first-order valence-corrected chi connectivity index (χ1v) is 17.2. The Morgan fingerprint density at radius 3 is 1.02 bits per heavy atom. The first-order valence-electron chi connectivity index (χ1n) is 15.5. The monoisotopic (exact) mass is 622 g/mol. The Morgan fingerprint density at radius 2 is 0.630 bits per heavy atom. The molecular formula is C44H30S2. The molecule has 8 aromatic rings. The summed E-state index contributed by atoms with van der Waals surface area (Å²) >= 11 is 3.72. The molecule has 0 N–H and O–H groups in total. The zero-order valence-corrected chi connectivity index (χ0v) is 26.8. The molecule has 8 aromatic carbocycles. The van der Waals surface area contributed by atoms with Crippen molar-refractivity contribution in [1.29, 1.82) is 0 Å². The number of fused-ring (bicyclic) bond motifs is 2. The van der Waals surface area contributed by atoms with Gasteiger partial charge in [0.15, 0.2) is 0 Å². The molecule has 0 atom stereocenters. The third-order valence-electron chi connectivity index (χ3n) is 8.35. The van der Waals surface area contributed by atoms with Crippen molar-refractivity contribution in [1.82, 2.24) is 0 Å². The summed E-state index contributed by atoms with van der Waals surface area (Å²) in [6.45, 7) is 0. The number of rotatable bonds is 7. The molecule has 0 aliphatic carbocycles. The van der Waals surface area contributed by atoms with Crippen LogP contribution >= 0.6 is 23.5 Å². The lowest BCUT2D eigenvalue weighted by atomic mass is 9.88. The third-order valence-corrected chi connectivity index (χ3v) is 10.6. The summed E-state index contributed by atoms with van der Waals surface area (Å²) in [5.41, 5.74) is 7.47. The lowest BCUT2D eigenvalue weighted by molar-refractivity contribution is 1.38. The van der Waals surface area contributed by atoms with Crippen molar-refractivity contribution in [3.63, 3.8) is 0 Å². The van der Waals surface area contributed by atoms with Gasteiger partial charge in [0, 0.05) is 30.7 Å². The maximum absolute atomic E-state index is 2.38. The van der Waals surface area contributed by atoms with Gasteiger partial charge >= 0.3 is 0 Å². The van der Waals surface area contributed by atoms with E-state index in [0.717, 1.165) is 0 Å². The second-order valence-corrected chi connectivity index (χ2v) is 13.4. The van der Waals surface area contributed by atoms with Crippen molar-refractivity contribution < 1.29 is 0 Å². The van der Waals surface area contributed by atoms with Gasteiger partial charge in [-0.25, -0.2) is 0 Å². The maximum atomic E-state index is 2.38. The summed E-state index contributed by atoms with van der Waals surface area (Å²) in [6, 6.07) is 65.9. The molecule has 2 heteroatoms. The average molecular weight is 623 g/mol. The zero-order chi connectivity index (χ0) is 30.7. The van der Waals surface area contributed by atoms with Gasteiger partial charge in [-0.15, -0.1) is 0 Å². The van der Waals surface area contributed by atoms with Gasteiger partial charge in [0.05, 0.1) is 0 Å². The first-order chi connectivity index (χ1) is 22.8. The lowest BCUT2D eigenvalue weighted by Crippen LogP contribution is -1.96. The van der Waals surface area contributed by atoms with Crippen LogP contribution in [0.5, 0.6) is 0 Å². The molecule has 0 unspecified atom stereocenters. The van der Waals surface area contributed by atoms with E-state index in [2.05, 4.69) is 182 Å². The molecule has 46 heavy (non-hydrogen) atoms. The van der Waals surface area contributed by atoms with Crippen LogP contribution in [0.15, 0.2) is 202 Å². The van der Waals surface area contributed by atoms with E-state index < -0.39 is 0 Å². The number of benzene rings is 8.